The number of rotatable bonds is 4. The normalized spacial score (nSPS) is 19.4. The Morgan fingerprint density at radius 1 is 1.29 bits per heavy atom. The van der Waals surface area contributed by atoms with Crippen LogP contribution in [0.3, 0.4) is 0 Å². The molecule has 1 aromatic carbocycles. The Morgan fingerprint density at radius 2 is 2.06 bits per heavy atom. The van der Waals surface area contributed by atoms with Gasteiger partial charge in [-0.15, -0.1) is 0 Å². The second kappa shape index (κ2) is 4.15. The van der Waals surface area contributed by atoms with Crippen molar-refractivity contribution in [3.63, 3.8) is 0 Å². The molecular weight excluding hydrogens is 210 g/mol. The fraction of sp³-hybridized carbons (Fsp3) is 0.500. The highest BCUT2D eigenvalue weighted by Crippen LogP contribution is 2.33. The molecule has 1 fully saturated rings. The van der Waals surface area contributed by atoms with Gasteiger partial charge in [-0.25, -0.2) is 4.98 Å². The maximum atomic E-state index is 4.63. The van der Waals surface area contributed by atoms with Gasteiger partial charge in [0, 0.05) is 6.04 Å². The average molecular weight is 229 g/mol. The predicted molar refractivity (Wildman–Crippen MR) is 69.8 cm³/mol. The van der Waals surface area contributed by atoms with Gasteiger partial charge in [0.25, 0.3) is 0 Å². The van der Waals surface area contributed by atoms with E-state index in [2.05, 4.69) is 35.2 Å². The van der Waals surface area contributed by atoms with Crippen molar-refractivity contribution < 1.29 is 0 Å². The maximum Gasteiger partial charge on any atom is 0.124 e. The van der Waals surface area contributed by atoms with E-state index in [-0.39, 0.29) is 6.04 Å². The summed E-state index contributed by atoms with van der Waals surface area (Å²) in [7, 11) is 0. The second-order valence-corrected chi connectivity index (χ2v) is 5.15. The van der Waals surface area contributed by atoms with Crippen LogP contribution in [-0.4, -0.2) is 16.0 Å². The van der Waals surface area contributed by atoms with Crippen molar-refractivity contribution in [2.75, 3.05) is 0 Å². The molecule has 2 aromatic rings. The van der Waals surface area contributed by atoms with E-state index >= 15 is 0 Å². The molecular formula is C14H19N3. The van der Waals surface area contributed by atoms with Crippen LogP contribution >= 0.6 is 0 Å². The van der Waals surface area contributed by atoms with E-state index in [1.54, 1.807) is 0 Å². The first kappa shape index (κ1) is 10.8. The minimum atomic E-state index is 0.290. The SMILES string of the molecule is CC(NC(C)C1CC1)c1nc2ccccc2[nH]1. The lowest BCUT2D eigenvalue weighted by Crippen LogP contribution is -2.31. The van der Waals surface area contributed by atoms with Crippen molar-refractivity contribution in [3.8, 4) is 0 Å². The fourth-order valence-electron chi connectivity index (χ4n) is 2.38. The molecule has 2 N–H and O–H groups in total. The summed E-state index contributed by atoms with van der Waals surface area (Å²) in [6.45, 7) is 4.45. The second-order valence-electron chi connectivity index (χ2n) is 5.15. The summed E-state index contributed by atoms with van der Waals surface area (Å²) in [5, 5.41) is 3.63. The molecule has 0 amide bonds. The Hall–Kier alpha value is -1.35. The van der Waals surface area contributed by atoms with Crippen molar-refractivity contribution in [1.82, 2.24) is 15.3 Å². The number of benzene rings is 1. The van der Waals surface area contributed by atoms with Crippen molar-refractivity contribution >= 4 is 11.0 Å². The number of imidazole rings is 1. The largest absolute Gasteiger partial charge is 0.341 e. The molecule has 0 bridgehead atoms. The summed E-state index contributed by atoms with van der Waals surface area (Å²) in [6.07, 6.45) is 2.75. The molecule has 17 heavy (non-hydrogen) atoms. The molecule has 3 heteroatoms. The molecule has 1 aliphatic carbocycles. The van der Waals surface area contributed by atoms with Crippen molar-refractivity contribution in [3.05, 3.63) is 30.1 Å². The van der Waals surface area contributed by atoms with Gasteiger partial charge in [-0.3, -0.25) is 0 Å². The van der Waals surface area contributed by atoms with E-state index < -0.39 is 0 Å². The van der Waals surface area contributed by atoms with Gasteiger partial charge in [-0.1, -0.05) is 12.1 Å². The van der Waals surface area contributed by atoms with Crippen LogP contribution in [-0.2, 0) is 0 Å². The smallest absolute Gasteiger partial charge is 0.124 e. The van der Waals surface area contributed by atoms with Crippen LogP contribution in [0.2, 0.25) is 0 Å². The predicted octanol–water partition coefficient (Wildman–Crippen LogP) is 3.01. The summed E-state index contributed by atoms with van der Waals surface area (Å²) < 4.78 is 0. The zero-order valence-electron chi connectivity index (χ0n) is 10.4. The quantitative estimate of drug-likeness (QED) is 0.846. The van der Waals surface area contributed by atoms with E-state index in [0.29, 0.717) is 6.04 Å². The van der Waals surface area contributed by atoms with E-state index in [1.165, 1.54) is 12.8 Å². The Balaban J connectivity index is 1.77. The molecule has 2 atom stereocenters. The molecule has 1 aliphatic rings. The number of nitrogens with one attached hydrogen (secondary N) is 2. The molecule has 3 nitrogen and oxygen atoms in total. The van der Waals surface area contributed by atoms with Crippen LogP contribution in [0.15, 0.2) is 24.3 Å². The molecule has 1 saturated carbocycles. The molecule has 0 spiro atoms. The van der Waals surface area contributed by atoms with E-state index in [0.717, 1.165) is 22.8 Å². The first-order valence-electron chi connectivity index (χ1n) is 6.45. The Morgan fingerprint density at radius 3 is 2.76 bits per heavy atom. The number of hydrogen-bond acceptors (Lipinski definition) is 2. The van der Waals surface area contributed by atoms with Crippen LogP contribution < -0.4 is 5.32 Å². The lowest BCUT2D eigenvalue weighted by atomic mass is 10.2. The van der Waals surface area contributed by atoms with Crippen LogP contribution in [0.1, 0.15) is 38.6 Å². The van der Waals surface area contributed by atoms with Crippen molar-refractivity contribution in [2.24, 2.45) is 5.92 Å². The first-order valence-corrected chi connectivity index (χ1v) is 6.45. The van der Waals surface area contributed by atoms with Crippen LogP contribution in [0.4, 0.5) is 0 Å². The summed E-state index contributed by atoms with van der Waals surface area (Å²) in [5.74, 6) is 1.92. The van der Waals surface area contributed by atoms with Gasteiger partial charge in [-0.05, 0) is 44.7 Å². The van der Waals surface area contributed by atoms with Gasteiger partial charge in [-0.2, -0.15) is 0 Å². The summed E-state index contributed by atoms with van der Waals surface area (Å²) in [4.78, 5) is 8.01. The Bertz CT molecular complexity index is 480. The number of para-hydroxylation sites is 2. The maximum absolute atomic E-state index is 4.63. The molecule has 0 saturated heterocycles. The number of aromatic amines is 1. The number of fused-ring (bicyclic) bond motifs is 1. The third-order valence-corrected chi connectivity index (χ3v) is 3.66. The zero-order valence-corrected chi connectivity index (χ0v) is 10.4. The van der Waals surface area contributed by atoms with Gasteiger partial charge < -0.3 is 10.3 Å². The van der Waals surface area contributed by atoms with Crippen molar-refractivity contribution in [1.29, 1.82) is 0 Å². The van der Waals surface area contributed by atoms with Crippen LogP contribution in [0, 0.1) is 5.92 Å². The van der Waals surface area contributed by atoms with E-state index in [1.807, 2.05) is 18.2 Å². The molecule has 0 radical (unpaired) electrons. The third kappa shape index (κ3) is 2.20. The molecule has 0 aliphatic heterocycles. The minimum Gasteiger partial charge on any atom is -0.341 e. The van der Waals surface area contributed by atoms with Crippen molar-refractivity contribution in [2.45, 2.75) is 38.8 Å². The standard InChI is InChI=1S/C14H19N3/c1-9(11-7-8-11)15-10(2)14-16-12-5-3-4-6-13(12)17-14/h3-6,9-11,15H,7-8H2,1-2H3,(H,16,17). The Labute approximate surface area is 102 Å². The lowest BCUT2D eigenvalue weighted by Gasteiger charge is -2.17. The number of aromatic nitrogens is 2. The molecule has 3 rings (SSSR count). The fourth-order valence-corrected chi connectivity index (χ4v) is 2.38. The van der Waals surface area contributed by atoms with Gasteiger partial charge in [0.05, 0.1) is 17.1 Å². The highest BCUT2D eigenvalue weighted by atomic mass is 15.0. The summed E-state index contributed by atoms with van der Waals surface area (Å²) in [5.41, 5.74) is 2.17. The number of nitrogens with zero attached hydrogens (tertiary/aromatic N) is 1. The minimum absolute atomic E-state index is 0.290. The highest BCUT2D eigenvalue weighted by molar-refractivity contribution is 5.74. The molecule has 2 unspecified atom stereocenters. The topological polar surface area (TPSA) is 40.7 Å². The third-order valence-electron chi connectivity index (χ3n) is 3.66. The summed E-state index contributed by atoms with van der Waals surface area (Å²) in [6, 6.07) is 9.07. The van der Waals surface area contributed by atoms with Gasteiger partial charge in [0.2, 0.25) is 0 Å². The average Bonchev–Trinajstić information content (AvgIpc) is 3.08. The Kier molecular flexibility index (Phi) is 2.63. The highest BCUT2D eigenvalue weighted by Gasteiger charge is 2.29. The monoisotopic (exact) mass is 229 g/mol. The van der Waals surface area contributed by atoms with Crippen LogP contribution in [0.5, 0.6) is 0 Å². The molecule has 1 aromatic heterocycles. The lowest BCUT2D eigenvalue weighted by molar-refractivity contribution is 0.431. The van der Waals surface area contributed by atoms with E-state index in [9.17, 15) is 0 Å². The van der Waals surface area contributed by atoms with Gasteiger partial charge >= 0.3 is 0 Å². The van der Waals surface area contributed by atoms with Gasteiger partial charge in [0.15, 0.2) is 0 Å². The van der Waals surface area contributed by atoms with Gasteiger partial charge in [0.1, 0.15) is 5.82 Å². The van der Waals surface area contributed by atoms with Crippen LogP contribution in [0.25, 0.3) is 11.0 Å². The molecule has 90 valence electrons. The number of H-pyrrole nitrogens is 1. The molecule has 1 heterocycles. The zero-order chi connectivity index (χ0) is 11.8. The van der Waals surface area contributed by atoms with E-state index in [4.69, 9.17) is 0 Å². The first-order chi connectivity index (χ1) is 8.24. The summed E-state index contributed by atoms with van der Waals surface area (Å²) >= 11 is 0. The number of hydrogen-bond donors (Lipinski definition) is 2.